The van der Waals surface area contributed by atoms with E-state index >= 15 is 0 Å². The molecule has 68 valence electrons. The van der Waals surface area contributed by atoms with Crippen LogP contribution < -0.4 is 0 Å². The highest BCUT2D eigenvalue weighted by molar-refractivity contribution is 5.22. The molecule has 1 aromatic heterocycles. The van der Waals surface area contributed by atoms with Gasteiger partial charge in [-0.2, -0.15) is 0 Å². The molecule has 0 bridgehead atoms. The molecule has 0 aliphatic heterocycles. The average molecular weight is 176 g/mol. The number of hydrogen-bond acceptors (Lipinski definition) is 3. The smallest absolute Gasteiger partial charge is 0.204 e. The second kappa shape index (κ2) is 4.58. The number of rotatable bonds is 1. The first kappa shape index (κ1) is 9.69. The van der Waals surface area contributed by atoms with Crippen molar-refractivity contribution in [2.24, 2.45) is 0 Å². The Bertz CT molecular complexity index is 319. The fourth-order valence-corrected chi connectivity index (χ4v) is 0.771. The van der Waals surface area contributed by atoms with Crippen LogP contribution in [0.5, 0.6) is 0 Å². The molecule has 0 spiro atoms. The lowest BCUT2D eigenvalue weighted by Crippen LogP contribution is -1.95. The summed E-state index contributed by atoms with van der Waals surface area (Å²) in [6.07, 6.45) is 3.79. The molecule has 1 heterocycles. The molecule has 1 rings (SSSR count). The minimum Gasteiger partial charge on any atom is -0.381 e. The van der Waals surface area contributed by atoms with E-state index in [1.54, 1.807) is 19.3 Å². The zero-order valence-corrected chi connectivity index (χ0v) is 7.78. The van der Waals surface area contributed by atoms with Gasteiger partial charge in [0.2, 0.25) is 5.82 Å². The third kappa shape index (κ3) is 3.22. The summed E-state index contributed by atoms with van der Waals surface area (Å²) in [7, 11) is 0. The summed E-state index contributed by atoms with van der Waals surface area (Å²) in [5, 5.41) is 8.89. The first-order valence-corrected chi connectivity index (χ1v) is 4.23. The molecule has 0 radical (unpaired) electrons. The van der Waals surface area contributed by atoms with E-state index in [9.17, 15) is 0 Å². The Labute approximate surface area is 77.9 Å². The molecular weight excluding hydrogens is 164 g/mol. The number of aliphatic hydroxyl groups is 1. The fraction of sp³-hybridized carbons (Fsp3) is 0.400. The van der Waals surface area contributed by atoms with Crippen LogP contribution in [-0.4, -0.2) is 21.2 Å². The van der Waals surface area contributed by atoms with Crippen LogP contribution in [0.15, 0.2) is 12.4 Å². The second-order valence-electron chi connectivity index (χ2n) is 2.71. The van der Waals surface area contributed by atoms with E-state index in [0.29, 0.717) is 5.82 Å². The Kier molecular flexibility index (Phi) is 3.41. The number of aryl methyl sites for hydroxylation is 1. The van der Waals surface area contributed by atoms with E-state index in [1.807, 2.05) is 6.92 Å². The molecule has 0 aliphatic carbocycles. The van der Waals surface area contributed by atoms with E-state index in [0.717, 1.165) is 12.0 Å². The number of hydrogen-bond donors (Lipinski definition) is 1. The van der Waals surface area contributed by atoms with E-state index in [4.69, 9.17) is 5.11 Å². The quantitative estimate of drug-likeness (QED) is 0.643. The van der Waals surface area contributed by atoms with Gasteiger partial charge in [0, 0.05) is 12.4 Å². The number of aromatic nitrogens is 2. The Balaban J connectivity index is 2.77. The van der Waals surface area contributed by atoms with Crippen LogP contribution in [0.3, 0.4) is 0 Å². The van der Waals surface area contributed by atoms with Crippen molar-refractivity contribution < 1.29 is 5.11 Å². The lowest BCUT2D eigenvalue weighted by Gasteiger charge is -1.93. The second-order valence-corrected chi connectivity index (χ2v) is 2.71. The van der Waals surface area contributed by atoms with Gasteiger partial charge in [0.25, 0.3) is 0 Å². The van der Waals surface area contributed by atoms with E-state index < -0.39 is 6.10 Å². The van der Waals surface area contributed by atoms with Crippen LogP contribution in [0.2, 0.25) is 0 Å². The van der Waals surface area contributed by atoms with Crippen molar-refractivity contribution in [1.82, 2.24) is 9.97 Å². The van der Waals surface area contributed by atoms with E-state index in [1.165, 1.54) is 0 Å². The van der Waals surface area contributed by atoms with Gasteiger partial charge in [-0.05, 0) is 24.8 Å². The van der Waals surface area contributed by atoms with Crippen molar-refractivity contribution in [1.29, 1.82) is 0 Å². The van der Waals surface area contributed by atoms with Gasteiger partial charge in [-0.25, -0.2) is 9.97 Å². The van der Waals surface area contributed by atoms with Gasteiger partial charge in [0.05, 0.1) is 0 Å². The highest BCUT2D eigenvalue weighted by Gasteiger charge is 1.92. The molecule has 0 fully saturated rings. The van der Waals surface area contributed by atoms with Gasteiger partial charge < -0.3 is 5.11 Å². The molecule has 1 unspecified atom stereocenters. The van der Waals surface area contributed by atoms with Gasteiger partial charge in [0.15, 0.2) is 0 Å². The molecule has 1 N–H and O–H groups in total. The Morgan fingerprint density at radius 1 is 1.46 bits per heavy atom. The maximum absolute atomic E-state index is 8.89. The summed E-state index contributed by atoms with van der Waals surface area (Å²) in [5.41, 5.74) is 1.09. The monoisotopic (exact) mass is 176 g/mol. The molecule has 0 aliphatic rings. The van der Waals surface area contributed by atoms with Crippen LogP contribution in [0, 0.1) is 11.8 Å². The molecule has 0 saturated carbocycles. The SMILES string of the molecule is CCc1cnc(C#CC(C)O)nc1. The molecule has 0 aromatic carbocycles. The number of nitrogens with zero attached hydrogens (tertiary/aromatic N) is 2. The lowest BCUT2D eigenvalue weighted by molar-refractivity contribution is 0.253. The molecule has 3 nitrogen and oxygen atoms in total. The normalized spacial score (nSPS) is 11.6. The molecular formula is C10H12N2O. The molecule has 0 amide bonds. The maximum atomic E-state index is 8.89. The largest absolute Gasteiger partial charge is 0.381 e. The van der Waals surface area contributed by atoms with E-state index in [-0.39, 0.29) is 0 Å². The average Bonchev–Trinajstić information content (AvgIpc) is 2.15. The Morgan fingerprint density at radius 2 is 2.08 bits per heavy atom. The summed E-state index contributed by atoms with van der Waals surface area (Å²) in [6, 6.07) is 0. The molecule has 13 heavy (non-hydrogen) atoms. The lowest BCUT2D eigenvalue weighted by atomic mass is 10.3. The van der Waals surface area contributed by atoms with Gasteiger partial charge in [-0.3, -0.25) is 0 Å². The van der Waals surface area contributed by atoms with Crippen LogP contribution in [-0.2, 0) is 6.42 Å². The third-order valence-electron chi connectivity index (χ3n) is 1.51. The summed E-state index contributed by atoms with van der Waals surface area (Å²) in [4.78, 5) is 8.05. The molecule has 0 saturated heterocycles. The minimum atomic E-state index is -0.630. The third-order valence-corrected chi connectivity index (χ3v) is 1.51. The van der Waals surface area contributed by atoms with Crippen LogP contribution in [0.4, 0.5) is 0 Å². The molecule has 3 heteroatoms. The van der Waals surface area contributed by atoms with Crippen LogP contribution in [0.1, 0.15) is 25.2 Å². The zero-order valence-electron chi connectivity index (χ0n) is 7.78. The topological polar surface area (TPSA) is 46.0 Å². The Hall–Kier alpha value is -1.40. The van der Waals surface area contributed by atoms with Gasteiger partial charge >= 0.3 is 0 Å². The first-order valence-electron chi connectivity index (χ1n) is 4.23. The molecule has 1 atom stereocenters. The first-order chi connectivity index (χ1) is 6.22. The predicted molar refractivity (Wildman–Crippen MR) is 50.0 cm³/mol. The minimum absolute atomic E-state index is 0.457. The molecule has 1 aromatic rings. The van der Waals surface area contributed by atoms with Gasteiger partial charge in [0.1, 0.15) is 6.10 Å². The predicted octanol–water partition coefficient (Wildman–Crippen LogP) is 0.771. The summed E-state index contributed by atoms with van der Waals surface area (Å²) < 4.78 is 0. The van der Waals surface area contributed by atoms with Crippen molar-refractivity contribution in [3.05, 3.63) is 23.8 Å². The van der Waals surface area contributed by atoms with Gasteiger partial charge in [-0.15, -0.1) is 0 Å². The highest BCUT2D eigenvalue weighted by Crippen LogP contribution is 1.95. The fourth-order valence-electron chi connectivity index (χ4n) is 0.771. The Morgan fingerprint density at radius 3 is 2.54 bits per heavy atom. The van der Waals surface area contributed by atoms with Crippen molar-refractivity contribution in [3.8, 4) is 11.8 Å². The standard InChI is InChI=1S/C10H12N2O/c1-3-9-6-11-10(12-7-9)5-4-8(2)13/h6-8,13H,3H2,1-2H3. The van der Waals surface area contributed by atoms with E-state index in [2.05, 4.69) is 21.8 Å². The number of aliphatic hydroxyl groups excluding tert-OH is 1. The summed E-state index contributed by atoms with van der Waals surface area (Å²) >= 11 is 0. The van der Waals surface area contributed by atoms with Crippen molar-refractivity contribution in [2.45, 2.75) is 26.4 Å². The van der Waals surface area contributed by atoms with Crippen LogP contribution >= 0.6 is 0 Å². The zero-order chi connectivity index (χ0) is 9.68. The summed E-state index contributed by atoms with van der Waals surface area (Å²) in [6.45, 7) is 3.65. The summed E-state index contributed by atoms with van der Waals surface area (Å²) in [5.74, 6) is 5.71. The highest BCUT2D eigenvalue weighted by atomic mass is 16.3. The van der Waals surface area contributed by atoms with Gasteiger partial charge in [-0.1, -0.05) is 12.8 Å². The maximum Gasteiger partial charge on any atom is 0.204 e. The van der Waals surface area contributed by atoms with Crippen LogP contribution in [0.25, 0.3) is 0 Å². The van der Waals surface area contributed by atoms with Crippen molar-refractivity contribution in [3.63, 3.8) is 0 Å². The van der Waals surface area contributed by atoms with Crippen molar-refractivity contribution >= 4 is 0 Å². The van der Waals surface area contributed by atoms with Crippen molar-refractivity contribution in [2.75, 3.05) is 0 Å².